The van der Waals surface area contributed by atoms with E-state index in [9.17, 15) is 9.59 Å². The summed E-state index contributed by atoms with van der Waals surface area (Å²) in [5, 5.41) is 3.73. The molecule has 0 saturated heterocycles. The van der Waals surface area contributed by atoms with E-state index in [-0.39, 0.29) is 11.9 Å². The Labute approximate surface area is 166 Å². The van der Waals surface area contributed by atoms with Crippen LogP contribution >= 0.6 is 22.7 Å². The van der Waals surface area contributed by atoms with Crippen molar-refractivity contribution in [2.24, 2.45) is 0 Å². The average molecular weight is 400 g/mol. The Hall–Kier alpha value is -2.18. The molecule has 140 valence electrons. The first-order valence-electron chi connectivity index (χ1n) is 9.20. The van der Waals surface area contributed by atoms with Gasteiger partial charge in [0.1, 0.15) is 5.00 Å². The van der Waals surface area contributed by atoms with Gasteiger partial charge in [-0.15, -0.1) is 22.7 Å². The van der Waals surface area contributed by atoms with E-state index in [1.54, 1.807) is 34.5 Å². The molecular weight excluding hydrogens is 378 g/mol. The van der Waals surface area contributed by atoms with Crippen molar-refractivity contribution in [2.75, 3.05) is 11.5 Å². The molecule has 4 rings (SSSR count). The molecule has 6 heteroatoms. The molecule has 2 heterocycles. The van der Waals surface area contributed by atoms with Crippen molar-refractivity contribution in [2.45, 2.75) is 39.5 Å². The van der Waals surface area contributed by atoms with Gasteiger partial charge < -0.3 is 4.74 Å². The average Bonchev–Trinajstić information content (AvgIpc) is 3.24. The second-order valence-electron chi connectivity index (χ2n) is 6.58. The van der Waals surface area contributed by atoms with Crippen molar-refractivity contribution in [3.05, 3.63) is 45.6 Å². The molecule has 4 nitrogen and oxygen atoms in total. The number of amides is 1. The number of fused-ring (bicyclic) bond motifs is 2. The zero-order valence-electron chi connectivity index (χ0n) is 15.4. The molecule has 1 aromatic carbocycles. The number of benzene rings is 1. The summed E-state index contributed by atoms with van der Waals surface area (Å²) in [5.41, 5.74) is 2.50. The number of carbonyl (C=O) groups is 2. The Balaban J connectivity index is 1.92. The van der Waals surface area contributed by atoms with E-state index in [4.69, 9.17) is 4.74 Å². The van der Waals surface area contributed by atoms with Crippen molar-refractivity contribution in [3.8, 4) is 0 Å². The van der Waals surface area contributed by atoms with Gasteiger partial charge in [0.05, 0.1) is 17.9 Å². The third-order valence-corrected chi connectivity index (χ3v) is 7.08. The lowest BCUT2D eigenvalue weighted by atomic mass is 9.95. The first kappa shape index (κ1) is 18.2. The van der Waals surface area contributed by atoms with E-state index < -0.39 is 0 Å². The van der Waals surface area contributed by atoms with Crippen LogP contribution in [0.2, 0.25) is 0 Å². The van der Waals surface area contributed by atoms with E-state index in [1.807, 2.05) is 36.6 Å². The van der Waals surface area contributed by atoms with Crippen LogP contribution in [-0.4, -0.2) is 18.5 Å². The summed E-state index contributed by atoms with van der Waals surface area (Å²) in [5.74, 6) is -0.416. The third-order valence-electron chi connectivity index (χ3n) is 4.85. The number of carbonyl (C=O) groups excluding carboxylic acids is 2. The second kappa shape index (κ2) is 7.44. The summed E-state index contributed by atoms with van der Waals surface area (Å²) in [6.45, 7) is 3.69. The summed E-state index contributed by atoms with van der Waals surface area (Å²) in [4.78, 5) is 28.4. The molecule has 0 unspecified atom stereocenters. The van der Waals surface area contributed by atoms with Gasteiger partial charge in [-0.2, -0.15) is 0 Å². The van der Waals surface area contributed by atoms with Crippen molar-refractivity contribution in [1.82, 2.24) is 0 Å². The lowest BCUT2D eigenvalue weighted by molar-refractivity contribution is -0.115. The summed E-state index contributed by atoms with van der Waals surface area (Å²) in [7, 11) is 0. The first-order valence-corrected chi connectivity index (χ1v) is 10.9. The molecule has 0 aliphatic heterocycles. The molecule has 0 fully saturated rings. The van der Waals surface area contributed by atoms with Crippen LogP contribution in [0.1, 0.15) is 47.5 Å². The van der Waals surface area contributed by atoms with E-state index in [0.29, 0.717) is 17.2 Å². The van der Waals surface area contributed by atoms with Gasteiger partial charge in [-0.05, 0) is 44.2 Å². The highest BCUT2D eigenvalue weighted by Crippen LogP contribution is 2.45. The molecule has 0 N–H and O–H groups in total. The van der Waals surface area contributed by atoms with Crippen LogP contribution in [-0.2, 0) is 22.4 Å². The Bertz CT molecular complexity index is 1020. The van der Waals surface area contributed by atoms with Gasteiger partial charge in [0.15, 0.2) is 0 Å². The fourth-order valence-electron chi connectivity index (χ4n) is 3.68. The van der Waals surface area contributed by atoms with Gasteiger partial charge in [-0.1, -0.05) is 18.2 Å². The number of esters is 1. The van der Waals surface area contributed by atoms with Crippen molar-refractivity contribution < 1.29 is 14.3 Å². The van der Waals surface area contributed by atoms with E-state index in [2.05, 4.69) is 0 Å². The number of hydrogen-bond acceptors (Lipinski definition) is 5. The Morgan fingerprint density at radius 3 is 2.74 bits per heavy atom. The molecule has 0 spiro atoms. The normalized spacial score (nSPS) is 13.4. The molecule has 0 saturated carbocycles. The number of rotatable bonds is 4. The number of hydrogen-bond donors (Lipinski definition) is 0. The largest absolute Gasteiger partial charge is 0.462 e. The van der Waals surface area contributed by atoms with Gasteiger partial charge in [-0.3, -0.25) is 9.69 Å². The minimum atomic E-state index is -0.322. The topological polar surface area (TPSA) is 46.6 Å². The second-order valence-corrected chi connectivity index (χ2v) is 8.58. The number of aryl methyl sites for hydroxylation is 1. The zero-order chi connectivity index (χ0) is 19.0. The summed E-state index contributed by atoms with van der Waals surface area (Å²) >= 11 is 3.18. The van der Waals surface area contributed by atoms with Crippen LogP contribution in [0.3, 0.4) is 0 Å². The highest BCUT2D eigenvalue weighted by atomic mass is 32.1. The summed E-state index contributed by atoms with van der Waals surface area (Å²) in [6.07, 6.45) is 4.02. The van der Waals surface area contributed by atoms with E-state index in [1.165, 1.54) is 4.88 Å². The Kier molecular flexibility index (Phi) is 5.02. The lowest BCUT2D eigenvalue weighted by Crippen LogP contribution is -2.24. The van der Waals surface area contributed by atoms with Crippen LogP contribution in [0.25, 0.3) is 10.1 Å². The molecule has 1 amide bonds. The zero-order valence-corrected chi connectivity index (χ0v) is 17.0. The predicted molar refractivity (Wildman–Crippen MR) is 112 cm³/mol. The van der Waals surface area contributed by atoms with Crippen molar-refractivity contribution in [3.63, 3.8) is 0 Å². The van der Waals surface area contributed by atoms with E-state index in [0.717, 1.165) is 47.0 Å². The Morgan fingerprint density at radius 2 is 1.96 bits per heavy atom. The maximum Gasteiger partial charge on any atom is 0.341 e. The van der Waals surface area contributed by atoms with Crippen LogP contribution in [0.15, 0.2) is 29.6 Å². The molecular formula is C21H21NO3S2. The maximum atomic E-state index is 12.8. The number of nitrogens with zero attached hydrogens (tertiary/aromatic N) is 1. The number of thiophene rings is 2. The van der Waals surface area contributed by atoms with Crippen LogP contribution in [0.4, 0.5) is 10.7 Å². The molecule has 3 aromatic rings. The molecule has 0 atom stereocenters. The van der Waals surface area contributed by atoms with Crippen LogP contribution < -0.4 is 4.90 Å². The minimum absolute atomic E-state index is 0.0947. The smallest absolute Gasteiger partial charge is 0.341 e. The van der Waals surface area contributed by atoms with Gasteiger partial charge in [0, 0.05) is 27.3 Å². The molecule has 1 aliphatic carbocycles. The summed E-state index contributed by atoms with van der Waals surface area (Å²) < 4.78 is 6.48. The monoisotopic (exact) mass is 399 g/mol. The van der Waals surface area contributed by atoms with E-state index >= 15 is 0 Å². The quantitative estimate of drug-likeness (QED) is 0.529. The van der Waals surface area contributed by atoms with Gasteiger partial charge in [-0.25, -0.2) is 4.79 Å². The van der Waals surface area contributed by atoms with Crippen molar-refractivity contribution in [1.29, 1.82) is 0 Å². The Morgan fingerprint density at radius 1 is 1.19 bits per heavy atom. The molecule has 1 aliphatic rings. The third kappa shape index (κ3) is 3.17. The van der Waals surface area contributed by atoms with Gasteiger partial charge in [0.25, 0.3) is 0 Å². The fraction of sp³-hybridized carbons (Fsp3) is 0.333. The highest BCUT2D eigenvalue weighted by Gasteiger charge is 2.32. The van der Waals surface area contributed by atoms with Gasteiger partial charge in [0.2, 0.25) is 5.91 Å². The molecule has 2 aromatic heterocycles. The molecule has 0 radical (unpaired) electrons. The number of anilines is 2. The summed E-state index contributed by atoms with van der Waals surface area (Å²) in [6, 6.07) is 8.04. The highest BCUT2D eigenvalue weighted by molar-refractivity contribution is 7.18. The number of ether oxygens (including phenoxy) is 1. The van der Waals surface area contributed by atoms with Crippen molar-refractivity contribution >= 4 is 55.3 Å². The fourth-order valence-corrected chi connectivity index (χ4v) is 6.04. The van der Waals surface area contributed by atoms with Crippen LogP contribution in [0.5, 0.6) is 0 Å². The lowest BCUT2D eigenvalue weighted by Gasteiger charge is -2.20. The van der Waals surface area contributed by atoms with Crippen LogP contribution in [0, 0.1) is 0 Å². The first-order chi connectivity index (χ1) is 13.1. The molecule has 27 heavy (non-hydrogen) atoms. The molecule has 0 bridgehead atoms. The SMILES string of the molecule is CCOC(=O)c1c(N(C(C)=O)c2csc3ccccc23)sc2c1CCCC2. The predicted octanol–water partition coefficient (Wildman–Crippen LogP) is 5.70. The maximum absolute atomic E-state index is 12.8. The minimum Gasteiger partial charge on any atom is -0.462 e. The standard InChI is InChI=1S/C21H21NO3S2/c1-3-25-21(24)19-15-9-5-7-11-18(15)27-20(19)22(13(2)23)16-12-26-17-10-6-4-8-14(16)17/h4,6,8,10,12H,3,5,7,9,11H2,1-2H3. The van der Waals surface area contributed by atoms with Gasteiger partial charge >= 0.3 is 5.97 Å².